The fourth-order valence-electron chi connectivity index (χ4n) is 5.01. The Kier molecular flexibility index (Phi) is 6.73. The molecule has 1 fully saturated rings. The highest BCUT2D eigenvalue weighted by molar-refractivity contribution is 9.10. The minimum Gasteiger partial charge on any atom is -0.497 e. The van der Waals surface area contributed by atoms with Crippen LogP contribution in [0.15, 0.2) is 87.9 Å². The van der Waals surface area contributed by atoms with Crippen LogP contribution >= 0.6 is 15.9 Å². The van der Waals surface area contributed by atoms with Gasteiger partial charge in [-0.2, -0.15) is 5.10 Å². The number of benzene rings is 3. The van der Waals surface area contributed by atoms with Gasteiger partial charge in [0.2, 0.25) is 0 Å². The molecule has 0 amide bonds. The van der Waals surface area contributed by atoms with Gasteiger partial charge in [-0.3, -0.25) is 5.01 Å². The molecule has 0 N–H and O–H groups in total. The van der Waals surface area contributed by atoms with Crippen molar-refractivity contribution in [2.24, 2.45) is 11.0 Å². The SMILES string of the molecule is COc1ccc(/C=C2\CCCCC3C2=NN(c2ccc(Br)cc2)C3c2ccc(OC)cc2)cc1. The number of nitrogens with zero attached hydrogens (tertiary/aromatic N) is 2. The van der Waals surface area contributed by atoms with E-state index in [0.717, 1.165) is 34.5 Å². The molecule has 2 aliphatic rings. The van der Waals surface area contributed by atoms with Crippen LogP contribution in [0.1, 0.15) is 42.9 Å². The predicted octanol–water partition coefficient (Wildman–Crippen LogP) is 7.66. The molecule has 3 aromatic carbocycles. The maximum Gasteiger partial charge on any atom is 0.118 e. The van der Waals surface area contributed by atoms with Crippen molar-refractivity contribution in [1.82, 2.24) is 0 Å². The van der Waals surface area contributed by atoms with Crippen LogP contribution in [-0.4, -0.2) is 19.9 Å². The standard InChI is InChI=1S/C29H29BrN2O2/c1-33-25-15-7-20(8-16-25)19-22-5-3-4-6-27-28(22)31-32(24-13-11-23(30)12-14-24)29(27)21-9-17-26(34-2)18-10-21/h7-19,27,29H,3-6H2,1-2H3/b22-19+. The summed E-state index contributed by atoms with van der Waals surface area (Å²) >= 11 is 3.57. The Balaban J connectivity index is 1.58. The van der Waals surface area contributed by atoms with E-state index in [1.54, 1.807) is 14.2 Å². The zero-order valence-corrected chi connectivity index (χ0v) is 21.2. The molecule has 1 saturated carbocycles. The first-order valence-electron chi connectivity index (χ1n) is 11.8. The van der Waals surface area contributed by atoms with E-state index in [4.69, 9.17) is 14.6 Å². The van der Waals surface area contributed by atoms with E-state index >= 15 is 0 Å². The zero-order chi connectivity index (χ0) is 23.5. The van der Waals surface area contributed by atoms with E-state index in [2.05, 4.69) is 87.7 Å². The van der Waals surface area contributed by atoms with Gasteiger partial charge in [0.25, 0.3) is 0 Å². The van der Waals surface area contributed by atoms with Gasteiger partial charge in [0, 0.05) is 10.4 Å². The minimum absolute atomic E-state index is 0.152. The van der Waals surface area contributed by atoms with Crippen molar-refractivity contribution >= 4 is 33.4 Å². The predicted molar refractivity (Wildman–Crippen MR) is 143 cm³/mol. The molecule has 1 aliphatic carbocycles. The number of hydrogen-bond acceptors (Lipinski definition) is 4. The topological polar surface area (TPSA) is 34.1 Å². The largest absolute Gasteiger partial charge is 0.497 e. The van der Waals surface area contributed by atoms with Crippen LogP contribution in [0.4, 0.5) is 5.69 Å². The molecule has 0 spiro atoms. The summed E-state index contributed by atoms with van der Waals surface area (Å²) < 4.78 is 11.8. The Morgan fingerprint density at radius 1 is 0.853 bits per heavy atom. The van der Waals surface area contributed by atoms with Gasteiger partial charge >= 0.3 is 0 Å². The maximum atomic E-state index is 5.42. The van der Waals surface area contributed by atoms with Crippen molar-refractivity contribution < 1.29 is 9.47 Å². The van der Waals surface area contributed by atoms with Crippen LogP contribution in [0.3, 0.4) is 0 Å². The van der Waals surface area contributed by atoms with Crippen molar-refractivity contribution in [2.75, 3.05) is 19.2 Å². The molecule has 3 aromatic rings. The van der Waals surface area contributed by atoms with Crippen molar-refractivity contribution in [3.8, 4) is 11.5 Å². The second kappa shape index (κ2) is 10.1. The molecule has 0 aromatic heterocycles. The summed E-state index contributed by atoms with van der Waals surface area (Å²) in [5, 5.41) is 7.52. The Morgan fingerprint density at radius 2 is 1.50 bits per heavy atom. The molecule has 0 bridgehead atoms. The average molecular weight is 517 g/mol. The molecule has 4 nitrogen and oxygen atoms in total. The highest BCUT2D eigenvalue weighted by Gasteiger charge is 2.40. The maximum absolute atomic E-state index is 5.42. The molecule has 0 radical (unpaired) electrons. The van der Waals surface area contributed by atoms with E-state index in [1.165, 1.54) is 35.3 Å². The van der Waals surface area contributed by atoms with Crippen LogP contribution in [0, 0.1) is 5.92 Å². The summed E-state index contributed by atoms with van der Waals surface area (Å²) in [6, 6.07) is 25.4. The molecule has 2 atom stereocenters. The van der Waals surface area contributed by atoms with E-state index in [-0.39, 0.29) is 6.04 Å². The van der Waals surface area contributed by atoms with Gasteiger partial charge in [0.05, 0.1) is 31.7 Å². The molecule has 2 unspecified atom stereocenters. The average Bonchev–Trinajstić information content (AvgIpc) is 3.15. The number of rotatable bonds is 5. The summed E-state index contributed by atoms with van der Waals surface area (Å²) in [7, 11) is 3.41. The molecule has 5 rings (SSSR count). The number of methoxy groups -OCH3 is 2. The van der Waals surface area contributed by atoms with Crippen molar-refractivity contribution in [2.45, 2.75) is 31.7 Å². The fourth-order valence-corrected chi connectivity index (χ4v) is 5.28. The first-order valence-corrected chi connectivity index (χ1v) is 12.6. The molecule has 5 heteroatoms. The lowest BCUT2D eigenvalue weighted by Crippen LogP contribution is -2.25. The number of hydrazone groups is 1. The lowest BCUT2D eigenvalue weighted by Gasteiger charge is -2.28. The Morgan fingerprint density at radius 3 is 2.15 bits per heavy atom. The Labute approximate surface area is 210 Å². The van der Waals surface area contributed by atoms with Crippen molar-refractivity contribution in [3.63, 3.8) is 0 Å². The van der Waals surface area contributed by atoms with Crippen LogP contribution < -0.4 is 14.5 Å². The summed E-state index contributed by atoms with van der Waals surface area (Å²) in [6.07, 6.45) is 6.87. The van der Waals surface area contributed by atoms with Gasteiger partial charge in [0.15, 0.2) is 0 Å². The molecule has 1 aliphatic heterocycles. The van der Waals surface area contributed by atoms with Gasteiger partial charge in [-0.05, 0) is 90.6 Å². The Hall–Kier alpha value is -3.05. The third kappa shape index (κ3) is 4.62. The highest BCUT2D eigenvalue weighted by atomic mass is 79.9. The minimum atomic E-state index is 0.152. The van der Waals surface area contributed by atoms with Crippen LogP contribution in [0.5, 0.6) is 11.5 Å². The third-order valence-corrected chi connectivity index (χ3v) is 7.29. The lowest BCUT2D eigenvalue weighted by atomic mass is 9.85. The van der Waals surface area contributed by atoms with Crippen LogP contribution in [-0.2, 0) is 0 Å². The molecular weight excluding hydrogens is 488 g/mol. The van der Waals surface area contributed by atoms with E-state index in [9.17, 15) is 0 Å². The molecule has 1 heterocycles. The third-order valence-electron chi connectivity index (χ3n) is 6.76. The molecule has 34 heavy (non-hydrogen) atoms. The first kappa shape index (κ1) is 22.7. The zero-order valence-electron chi connectivity index (χ0n) is 19.6. The Bertz CT molecular complexity index is 1180. The van der Waals surface area contributed by atoms with Gasteiger partial charge in [-0.25, -0.2) is 0 Å². The summed E-state index contributed by atoms with van der Waals surface area (Å²) in [6.45, 7) is 0. The number of allylic oxidation sites excluding steroid dienone is 1. The van der Waals surface area contributed by atoms with Crippen LogP contribution in [0.25, 0.3) is 6.08 Å². The number of fused-ring (bicyclic) bond motifs is 1. The molecule has 174 valence electrons. The van der Waals surface area contributed by atoms with E-state index in [1.807, 2.05) is 12.1 Å². The molecule has 0 saturated heterocycles. The van der Waals surface area contributed by atoms with Crippen molar-refractivity contribution in [1.29, 1.82) is 0 Å². The first-order chi connectivity index (χ1) is 16.7. The lowest BCUT2D eigenvalue weighted by molar-refractivity contribution is 0.414. The normalized spacial score (nSPS) is 21.1. The number of hydrogen-bond donors (Lipinski definition) is 0. The second-order valence-electron chi connectivity index (χ2n) is 8.82. The second-order valence-corrected chi connectivity index (χ2v) is 9.73. The fraction of sp³-hybridized carbons (Fsp3) is 0.276. The number of anilines is 1. The summed E-state index contributed by atoms with van der Waals surface area (Å²) in [4.78, 5) is 0. The smallest absolute Gasteiger partial charge is 0.118 e. The summed E-state index contributed by atoms with van der Waals surface area (Å²) in [5.74, 6) is 2.09. The van der Waals surface area contributed by atoms with E-state index in [0.29, 0.717) is 5.92 Å². The monoisotopic (exact) mass is 516 g/mol. The van der Waals surface area contributed by atoms with Gasteiger partial charge in [-0.15, -0.1) is 0 Å². The van der Waals surface area contributed by atoms with Crippen molar-refractivity contribution in [3.05, 3.63) is 94.0 Å². The number of ether oxygens (including phenoxy) is 2. The van der Waals surface area contributed by atoms with E-state index < -0.39 is 0 Å². The van der Waals surface area contributed by atoms with Gasteiger partial charge in [0.1, 0.15) is 11.5 Å². The quantitative estimate of drug-likeness (QED) is 0.349. The number of halogens is 1. The van der Waals surface area contributed by atoms with Crippen LogP contribution in [0.2, 0.25) is 0 Å². The highest BCUT2D eigenvalue weighted by Crippen LogP contribution is 2.45. The van der Waals surface area contributed by atoms with Gasteiger partial charge < -0.3 is 9.47 Å². The summed E-state index contributed by atoms with van der Waals surface area (Å²) in [5.41, 5.74) is 6.11. The molecular formula is C29H29BrN2O2. The van der Waals surface area contributed by atoms with Gasteiger partial charge in [-0.1, -0.05) is 46.6 Å².